The molecule has 0 aliphatic rings. The quantitative estimate of drug-likeness (QED) is 0.630. The fourth-order valence-corrected chi connectivity index (χ4v) is 1.34. The van der Waals surface area contributed by atoms with E-state index in [0.29, 0.717) is 0 Å². The summed E-state index contributed by atoms with van der Waals surface area (Å²) >= 11 is 7.46. The molecule has 1 N–H and O–H groups in total. The zero-order chi connectivity index (χ0) is 12.3. The van der Waals surface area contributed by atoms with Crippen molar-refractivity contribution in [3.63, 3.8) is 0 Å². The van der Waals surface area contributed by atoms with E-state index in [0.717, 1.165) is 18.2 Å². The molecule has 0 fully saturated rings. The van der Waals surface area contributed by atoms with Crippen LogP contribution in [-0.4, -0.2) is 10.3 Å². The van der Waals surface area contributed by atoms with Gasteiger partial charge in [0, 0.05) is 0 Å². The van der Waals surface area contributed by atoms with Crippen molar-refractivity contribution in [2.24, 2.45) is 0 Å². The van der Waals surface area contributed by atoms with Crippen molar-refractivity contribution >= 4 is 45.8 Å². The van der Waals surface area contributed by atoms with Crippen LogP contribution in [0.5, 0.6) is 0 Å². The van der Waals surface area contributed by atoms with Crippen LogP contribution in [0.2, 0.25) is 5.02 Å². The van der Waals surface area contributed by atoms with Crippen LogP contribution < -0.4 is 5.32 Å². The normalized spacial score (nSPS) is 11.3. The summed E-state index contributed by atoms with van der Waals surface area (Å²) in [4.78, 5) is 11.0. The van der Waals surface area contributed by atoms with Crippen molar-refractivity contribution in [2.45, 2.75) is 6.18 Å². The lowest BCUT2D eigenvalue weighted by Crippen LogP contribution is -2.14. The molecule has 0 aliphatic carbocycles. The van der Waals surface area contributed by atoms with Crippen molar-refractivity contribution < 1.29 is 18.0 Å². The van der Waals surface area contributed by atoms with E-state index in [9.17, 15) is 18.0 Å². The first-order valence-electron chi connectivity index (χ1n) is 4.07. The van der Waals surface area contributed by atoms with Gasteiger partial charge in [0.2, 0.25) is 5.91 Å². The predicted octanol–water partition coefficient (Wildman–Crippen LogP) is 3.73. The highest BCUT2D eigenvalue weighted by atomic mass is 127. The Hall–Kier alpha value is -0.500. The van der Waals surface area contributed by atoms with E-state index in [2.05, 4.69) is 5.32 Å². The maximum atomic E-state index is 12.4. The molecule has 0 atom stereocenters. The molecular formula is C9H6ClF3INO. The number of carbonyl (C=O) groups excluding carboxylic acids is 1. The highest BCUT2D eigenvalue weighted by Gasteiger charge is 2.31. The Labute approximate surface area is 108 Å². The zero-order valence-corrected chi connectivity index (χ0v) is 10.7. The average Bonchev–Trinajstić information content (AvgIpc) is 2.19. The Balaban J connectivity index is 3.04. The number of nitrogens with one attached hydrogen (secondary N) is 1. The van der Waals surface area contributed by atoms with E-state index >= 15 is 0 Å². The van der Waals surface area contributed by atoms with E-state index < -0.39 is 17.6 Å². The fourth-order valence-electron chi connectivity index (χ4n) is 0.981. The molecule has 88 valence electrons. The van der Waals surface area contributed by atoms with Gasteiger partial charge in [0.05, 0.1) is 20.7 Å². The number of alkyl halides is 4. The number of rotatable bonds is 2. The SMILES string of the molecule is O=C(CI)Nc1cc(C(F)(F)F)ccc1Cl. The van der Waals surface area contributed by atoms with E-state index in [4.69, 9.17) is 11.6 Å². The number of benzene rings is 1. The summed E-state index contributed by atoms with van der Waals surface area (Å²) in [6.07, 6.45) is -4.45. The molecule has 0 unspecified atom stereocenters. The number of carbonyl (C=O) groups is 1. The van der Waals surface area contributed by atoms with Gasteiger partial charge in [-0.25, -0.2) is 0 Å². The van der Waals surface area contributed by atoms with Gasteiger partial charge in [-0.3, -0.25) is 4.79 Å². The van der Waals surface area contributed by atoms with Crippen LogP contribution in [0.25, 0.3) is 0 Å². The largest absolute Gasteiger partial charge is 0.416 e. The average molecular weight is 364 g/mol. The van der Waals surface area contributed by atoms with Gasteiger partial charge in [0.25, 0.3) is 0 Å². The van der Waals surface area contributed by atoms with Gasteiger partial charge >= 0.3 is 6.18 Å². The standard InChI is InChI=1S/C9H6ClF3INO/c10-6-2-1-5(9(11,12)13)3-7(6)15-8(16)4-14/h1-3H,4H2,(H,15,16). The third kappa shape index (κ3) is 3.51. The van der Waals surface area contributed by atoms with Crippen LogP contribution in [0.4, 0.5) is 18.9 Å². The molecule has 0 spiro atoms. The van der Waals surface area contributed by atoms with Crippen molar-refractivity contribution in [3.05, 3.63) is 28.8 Å². The van der Waals surface area contributed by atoms with Crippen LogP contribution in [-0.2, 0) is 11.0 Å². The number of hydrogen-bond acceptors (Lipinski definition) is 1. The van der Waals surface area contributed by atoms with Crippen LogP contribution in [0.15, 0.2) is 18.2 Å². The highest BCUT2D eigenvalue weighted by Crippen LogP contribution is 2.33. The molecule has 2 nitrogen and oxygen atoms in total. The lowest BCUT2D eigenvalue weighted by molar-refractivity contribution is -0.137. The molecule has 0 radical (unpaired) electrons. The van der Waals surface area contributed by atoms with Gasteiger partial charge in [-0.2, -0.15) is 13.2 Å². The maximum absolute atomic E-state index is 12.4. The van der Waals surface area contributed by atoms with Gasteiger partial charge in [-0.1, -0.05) is 34.2 Å². The summed E-state index contributed by atoms with van der Waals surface area (Å²) in [6.45, 7) is 0. The molecule has 7 heteroatoms. The number of amides is 1. The minimum atomic E-state index is -4.45. The topological polar surface area (TPSA) is 29.1 Å². The third-order valence-electron chi connectivity index (χ3n) is 1.69. The molecule has 1 rings (SSSR count). The highest BCUT2D eigenvalue weighted by molar-refractivity contribution is 14.1. The zero-order valence-electron chi connectivity index (χ0n) is 7.74. The molecule has 0 saturated heterocycles. The van der Waals surface area contributed by atoms with Gasteiger partial charge < -0.3 is 5.32 Å². The van der Waals surface area contributed by atoms with Crippen molar-refractivity contribution in [3.8, 4) is 0 Å². The minimum absolute atomic E-state index is 0.0295. The second-order valence-electron chi connectivity index (χ2n) is 2.87. The third-order valence-corrected chi connectivity index (χ3v) is 2.71. The molecule has 0 bridgehead atoms. The lowest BCUT2D eigenvalue weighted by Gasteiger charge is -2.10. The van der Waals surface area contributed by atoms with Crippen molar-refractivity contribution in [2.75, 3.05) is 9.74 Å². The Morgan fingerprint density at radius 3 is 2.56 bits per heavy atom. The summed E-state index contributed by atoms with van der Waals surface area (Å²) < 4.78 is 37.2. The van der Waals surface area contributed by atoms with Crippen molar-refractivity contribution in [1.82, 2.24) is 0 Å². The van der Waals surface area contributed by atoms with Gasteiger partial charge in [-0.05, 0) is 18.2 Å². The molecule has 0 saturated carbocycles. The molecule has 0 aromatic heterocycles. The van der Waals surface area contributed by atoms with Crippen LogP contribution in [0, 0.1) is 0 Å². The molecule has 16 heavy (non-hydrogen) atoms. The van der Waals surface area contributed by atoms with Gasteiger partial charge in [0.1, 0.15) is 0 Å². The summed E-state index contributed by atoms with van der Waals surface area (Å²) in [7, 11) is 0. The van der Waals surface area contributed by atoms with Gasteiger partial charge in [0.15, 0.2) is 0 Å². The summed E-state index contributed by atoms with van der Waals surface area (Å²) in [5.74, 6) is -0.401. The molecule has 0 aliphatic heterocycles. The molecule has 1 aromatic rings. The van der Waals surface area contributed by atoms with Gasteiger partial charge in [-0.15, -0.1) is 0 Å². The first-order valence-corrected chi connectivity index (χ1v) is 5.97. The Morgan fingerprint density at radius 2 is 2.06 bits per heavy atom. The van der Waals surface area contributed by atoms with Crippen LogP contribution >= 0.6 is 34.2 Å². The van der Waals surface area contributed by atoms with Crippen LogP contribution in [0.1, 0.15) is 5.56 Å². The maximum Gasteiger partial charge on any atom is 0.416 e. The van der Waals surface area contributed by atoms with Crippen LogP contribution in [0.3, 0.4) is 0 Å². The van der Waals surface area contributed by atoms with Crippen molar-refractivity contribution in [1.29, 1.82) is 0 Å². The summed E-state index contributed by atoms with van der Waals surface area (Å²) in [6, 6.07) is 2.78. The Bertz CT molecular complexity index is 408. The molecule has 1 amide bonds. The lowest BCUT2D eigenvalue weighted by atomic mass is 10.2. The first-order chi connectivity index (χ1) is 7.34. The van der Waals surface area contributed by atoms with E-state index in [1.54, 1.807) is 22.6 Å². The number of anilines is 1. The Kier molecular flexibility index (Phi) is 4.43. The molecule has 0 heterocycles. The predicted molar refractivity (Wildman–Crippen MR) is 64.0 cm³/mol. The van der Waals surface area contributed by atoms with E-state index in [1.807, 2.05) is 0 Å². The monoisotopic (exact) mass is 363 g/mol. The second kappa shape index (κ2) is 5.22. The Morgan fingerprint density at radius 1 is 1.44 bits per heavy atom. The summed E-state index contributed by atoms with van der Waals surface area (Å²) in [5, 5.41) is 2.37. The van der Waals surface area contributed by atoms with E-state index in [1.165, 1.54) is 0 Å². The summed E-state index contributed by atoms with van der Waals surface area (Å²) in [5.41, 5.74) is -0.876. The molecular weight excluding hydrogens is 357 g/mol. The second-order valence-corrected chi connectivity index (χ2v) is 4.04. The fraction of sp³-hybridized carbons (Fsp3) is 0.222. The van der Waals surface area contributed by atoms with E-state index in [-0.39, 0.29) is 15.1 Å². The number of hydrogen-bond donors (Lipinski definition) is 1. The minimum Gasteiger partial charge on any atom is -0.324 e. The number of halogens is 5. The smallest absolute Gasteiger partial charge is 0.324 e. The first kappa shape index (κ1) is 13.6. The molecule has 1 aromatic carbocycles.